The summed E-state index contributed by atoms with van der Waals surface area (Å²) in [6.45, 7) is -2.06. The van der Waals surface area contributed by atoms with E-state index in [-0.39, 0.29) is 26.4 Å². The van der Waals surface area contributed by atoms with Gasteiger partial charge in [-0.1, -0.05) is 30.3 Å². The Bertz CT molecular complexity index is 1400. The van der Waals surface area contributed by atoms with E-state index in [9.17, 15) is 40.9 Å². The van der Waals surface area contributed by atoms with Crippen LogP contribution in [0.5, 0.6) is 17.2 Å². The lowest BCUT2D eigenvalue weighted by atomic mass is 9.89. The third kappa shape index (κ3) is 9.25. The average Bonchev–Trinajstić information content (AvgIpc) is 3.07. The summed E-state index contributed by atoms with van der Waals surface area (Å²) in [6.07, 6.45) is -2.96. The van der Waals surface area contributed by atoms with Crippen LogP contribution < -0.4 is 14.2 Å². The van der Waals surface area contributed by atoms with Gasteiger partial charge in [-0.05, 0) is 75.8 Å². The number of rotatable bonds is 18. The van der Waals surface area contributed by atoms with Gasteiger partial charge in [0.2, 0.25) is 0 Å². The minimum Gasteiger partial charge on any atom is -0.491 e. The average molecular weight is 627 g/mol. The molecule has 8 N–H and O–H groups in total. The van der Waals surface area contributed by atoms with Crippen LogP contribution in [0.4, 0.5) is 0 Å². The fraction of sp³-hybridized carbons (Fsp3) is 0.412. The second-order valence-electron chi connectivity index (χ2n) is 11.0. The summed E-state index contributed by atoms with van der Waals surface area (Å²) < 4.78 is 17.5. The molecule has 11 nitrogen and oxygen atoms in total. The van der Waals surface area contributed by atoms with E-state index < -0.39 is 44.2 Å². The SMILES string of the molecule is OCC(O)CCc1ccc2ccc(OCC(O)CO)cc2c1Cc1c(OCC(O)CO)ccc2ccc(OCC(O)CO)cc12. The first-order chi connectivity index (χ1) is 21.8. The summed E-state index contributed by atoms with van der Waals surface area (Å²) in [4.78, 5) is 0. The van der Waals surface area contributed by atoms with Crippen molar-refractivity contribution in [2.24, 2.45) is 0 Å². The minimum atomic E-state index is -1.09. The third-order valence-electron chi connectivity index (χ3n) is 7.52. The third-order valence-corrected chi connectivity index (χ3v) is 7.52. The molecule has 0 saturated carbocycles. The van der Waals surface area contributed by atoms with Gasteiger partial charge in [-0.2, -0.15) is 0 Å². The number of hydrogen-bond acceptors (Lipinski definition) is 11. The van der Waals surface area contributed by atoms with Crippen LogP contribution in [0.15, 0.2) is 60.7 Å². The van der Waals surface area contributed by atoms with Crippen molar-refractivity contribution in [3.05, 3.63) is 77.4 Å². The molecule has 0 aromatic heterocycles. The molecular weight excluding hydrogens is 584 g/mol. The van der Waals surface area contributed by atoms with Crippen molar-refractivity contribution in [3.8, 4) is 17.2 Å². The first-order valence-electron chi connectivity index (χ1n) is 14.9. The second kappa shape index (κ2) is 16.7. The van der Waals surface area contributed by atoms with Gasteiger partial charge >= 0.3 is 0 Å². The molecule has 0 saturated heterocycles. The summed E-state index contributed by atoms with van der Waals surface area (Å²) in [5, 5.41) is 80.5. The van der Waals surface area contributed by atoms with Crippen molar-refractivity contribution < 1.29 is 55.1 Å². The van der Waals surface area contributed by atoms with E-state index in [4.69, 9.17) is 14.2 Å². The lowest BCUT2D eigenvalue weighted by Gasteiger charge is -2.20. The molecule has 11 heteroatoms. The predicted molar refractivity (Wildman–Crippen MR) is 168 cm³/mol. The lowest BCUT2D eigenvalue weighted by molar-refractivity contribution is 0.0533. The molecule has 4 aromatic rings. The molecule has 0 bridgehead atoms. The highest BCUT2D eigenvalue weighted by Crippen LogP contribution is 2.37. The van der Waals surface area contributed by atoms with Crippen LogP contribution in [0.2, 0.25) is 0 Å². The predicted octanol–water partition coefficient (Wildman–Crippen LogP) is 1.07. The molecule has 4 atom stereocenters. The van der Waals surface area contributed by atoms with Crippen LogP contribution in [-0.2, 0) is 12.8 Å². The topological polar surface area (TPSA) is 190 Å². The van der Waals surface area contributed by atoms with Crippen LogP contribution >= 0.6 is 0 Å². The molecule has 4 unspecified atom stereocenters. The van der Waals surface area contributed by atoms with Gasteiger partial charge in [-0.25, -0.2) is 0 Å². The summed E-state index contributed by atoms with van der Waals surface area (Å²) in [7, 11) is 0. The number of fused-ring (bicyclic) bond motifs is 2. The number of hydrogen-bond donors (Lipinski definition) is 8. The number of aryl methyl sites for hydroxylation is 1. The van der Waals surface area contributed by atoms with Gasteiger partial charge in [0.25, 0.3) is 0 Å². The molecule has 0 fully saturated rings. The highest BCUT2D eigenvalue weighted by Gasteiger charge is 2.18. The van der Waals surface area contributed by atoms with Gasteiger partial charge in [-0.15, -0.1) is 0 Å². The Balaban J connectivity index is 1.86. The Hall–Kier alpha value is -3.52. The zero-order valence-corrected chi connectivity index (χ0v) is 25.0. The highest BCUT2D eigenvalue weighted by molar-refractivity contribution is 5.92. The van der Waals surface area contributed by atoms with Crippen molar-refractivity contribution in [3.63, 3.8) is 0 Å². The zero-order valence-electron chi connectivity index (χ0n) is 25.0. The van der Waals surface area contributed by atoms with Crippen molar-refractivity contribution in [2.45, 2.75) is 43.7 Å². The molecule has 45 heavy (non-hydrogen) atoms. The van der Waals surface area contributed by atoms with Gasteiger partial charge in [-0.3, -0.25) is 0 Å². The Morgan fingerprint density at radius 1 is 0.511 bits per heavy atom. The van der Waals surface area contributed by atoms with E-state index in [1.807, 2.05) is 42.5 Å². The standard InChI is InChI=1S/C34H42O11/c35-14-24(39)7-3-21-1-2-22-4-8-28(43-18-25(40)15-36)11-30(22)32(21)13-33-31-12-29(44-19-26(41)16-37)9-5-23(31)6-10-34(33)45-20-27(42)17-38/h1-2,4-6,8-12,24-27,35-42H,3,7,13-20H2. The molecule has 4 aromatic carbocycles. The normalized spacial score (nSPS) is 14.3. The van der Waals surface area contributed by atoms with Gasteiger partial charge < -0.3 is 55.1 Å². The molecule has 0 spiro atoms. The van der Waals surface area contributed by atoms with E-state index in [0.29, 0.717) is 36.5 Å². The number of ether oxygens (including phenoxy) is 3. The van der Waals surface area contributed by atoms with Gasteiger partial charge in [0, 0.05) is 12.0 Å². The largest absolute Gasteiger partial charge is 0.491 e. The lowest BCUT2D eigenvalue weighted by Crippen LogP contribution is -2.22. The fourth-order valence-corrected chi connectivity index (χ4v) is 5.01. The van der Waals surface area contributed by atoms with E-state index >= 15 is 0 Å². The van der Waals surface area contributed by atoms with Crippen LogP contribution in [-0.4, -0.2) is 112 Å². The van der Waals surface area contributed by atoms with E-state index in [1.165, 1.54) is 0 Å². The quantitative estimate of drug-likeness (QED) is 0.0789. The molecule has 0 radical (unpaired) electrons. The second-order valence-corrected chi connectivity index (χ2v) is 11.0. The molecular formula is C34H42O11. The smallest absolute Gasteiger partial charge is 0.123 e. The highest BCUT2D eigenvalue weighted by atomic mass is 16.5. The van der Waals surface area contributed by atoms with Crippen LogP contribution in [0, 0.1) is 0 Å². The molecule has 0 aliphatic carbocycles. The summed E-state index contributed by atoms with van der Waals surface area (Å²) in [5.41, 5.74) is 2.57. The summed E-state index contributed by atoms with van der Waals surface area (Å²) >= 11 is 0. The van der Waals surface area contributed by atoms with Gasteiger partial charge in [0.15, 0.2) is 0 Å². The van der Waals surface area contributed by atoms with Crippen molar-refractivity contribution in [1.82, 2.24) is 0 Å². The molecule has 0 aliphatic heterocycles. The van der Waals surface area contributed by atoms with Crippen molar-refractivity contribution in [2.75, 3.05) is 46.2 Å². The maximum atomic E-state index is 10.1. The zero-order chi connectivity index (χ0) is 32.3. The Morgan fingerprint density at radius 2 is 0.978 bits per heavy atom. The summed E-state index contributed by atoms with van der Waals surface area (Å²) in [5.74, 6) is 1.42. The minimum absolute atomic E-state index is 0.0953. The number of aliphatic hydroxyl groups excluding tert-OH is 8. The number of aliphatic hydroxyl groups is 8. The Labute approximate surface area is 261 Å². The molecule has 244 valence electrons. The first kappa shape index (κ1) is 34.4. The maximum Gasteiger partial charge on any atom is 0.123 e. The van der Waals surface area contributed by atoms with Crippen LogP contribution in [0.25, 0.3) is 21.5 Å². The van der Waals surface area contributed by atoms with Gasteiger partial charge in [0.1, 0.15) is 55.4 Å². The van der Waals surface area contributed by atoms with Crippen molar-refractivity contribution in [1.29, 1.82) is 0 Å². The van der Waals surface area contributed by atoms with E-state index in [2.05, 4.69) is 0 Å². The molecule has 0 aliphatic rings. The first-order valence-corrected chi connectivity index (χ1v) is 14.9. The maximum absolute atomic E-state index is 10.1. The number of benzene rings is 4. The van der Waals surface area contributed by atoms with E-state index in [1.54, 1.807) is 18.2 Å². The van der Waals surface area contributed by atoms with Crippen LogP contribution in [0.1, 0.15) is 23.1 Å². The monoisotopic (exact) mass is 626 g/mol. The van der Waals surface area contributed by atoms with E-state index in [0.717, 1.165) is 38.2 Å². The van der Waals surface area contributed by atoms with Crippen LogP contribution in [0.3, 0.4) is 0 Å². The molecule has 0 heterocycles. The van der Waals surface area contributed by atoms with Gasteiger partial charge in [0.05, 0.1) is 32.5 Å². The molecule has 0 amide bonds. The Kier molecular flexibility index (Phi) is 12.7. The fourth-order valence-electron chi connectivity index (χ4n) is 5.01. The Morgan fingerprint density at radius 3 is 1.51 bits per heavy atom. The summed E-state index contributed by atoms with van der Waals surface area (Å²) in [6, 6.07) is 18.6. The van der Waals surface area contributed by atoms with Crippen molar-refractivity contribution >= 4 is 21.5 Å². The molecule has 4 rings (SSSR count).